The molecule has 0 heterocycles. The average Bonchev–Trinajstić information content (AvgIpc) is 2.64. The van der Waals surface area contributed by atoms with Crippen LogP contribution in [0.4, 0.5) is 5.69 Å². The van der Waals surface area contributed by atoms with Gasteiger partial charge < -0.3 is 11.1 Å². The van der Waals surface area contributed by atoms with E-state index in [4.69, 9.17) is 5.73 Å². The normalized spacial score (nSPS) is 11.1. The Labute approximate surface area is 167 Å². The number of halogens is 1. The van der Waals surface area contributed by atoms with Crippen LogP contribution in [0.25, 0.3) is 0 Å². The Kier molecular flexibility index (Phi) is 8.75. The van der Waals surface area contributed by atoms with E-state index >= 15 is 0 Å². The van der Waals surface area contributed by atoms with Gasteiger partial charge in [0.05, 0.1) is 4.90 Å². The molecule has 148 valence electrons. The molecule has 0 aromatic heterocycles. The van der Waals surface area contributed by atoms with Crippen molar-refractivity contribution in [3.8, 4) is 0 Å². The Morgan fingerprint density at radius 1 is 1.07 bits per heavy atom. The molecular weight excluding hydrogens is 386 g/mol. The summed E-state index contributed by atoms with van der Waals surface area (Å²) in [6.45, 7) is 4.80. The molecule has 0 unspecified atom stereocenters. The van der Waals surface area contributed by atoms with Gasteiger partial charge in [-0.25, -0.2) is 8.42 Å². The van der Waals surface area contributed by atoms with Crippen LogP contribution >= 0.6 is 12.4 Å². The van der Waals surface area contributed by atoms with Crippen LogP contribution in [-0.4, -0.2) is 38.3 Å². The number of nitrogens with two attached hydrogens (primary N) is 1. The highest BCUT2D eigenvalue weighted by Gasteiger charge is 2.22. The van der Waals surface area contributed by atoms with Crippen molar-refractivity contribution in [2.75, 3.05) is 25.4 Å². The van der Waals surface area contributed by atoms with Gasteiger partial charge in [-0.15, -0.1) is 12.4 Å². The van der Waals surface area contributed by atoms with E-state index in [1.165, 1.54) is 16.4 Å². The van der Waals surface area contributed by atoms with Gasteiger partial charge >= 0.3 is 0 Å². The third-order valence-corrected chi connectivity index (χ3v) is 6.16. The summed E-state index contributed by atoms with van der Waals surface area (Å²) in [5.41, 5.74) is 7.74. The number of hydrogen-bond acceptors (Lipinski definition) is 4. The van der Waals surface area contributed by atoms with Gasteiger partial charge in [-0.1, -0.05) is 32.0 Å². The Balaban J connectivity index is 0.00000364. The molecule has 3 N–H and O–H groups in total. The van der Waals surface area contributed by atoms with Gasteiger partial charge in [0.2, 0.25) is 10.0 Å². The van der Waals surface area contributed by atoms with Crippen molar-refractivity contribution in [3.63, 3.8) is 0 Å². The van der Waals surface area contributed by atoms with Crippen molar-refractivity contribution in [2.24, 2.45) is 0 Å². The average molecular weight is 412 g/mol. The number of sulfonamides is 1. The van der Waals surface area contributed by atoms with Crippen molar-refractivity contribution in [1.82, 2.24) is 9.62 Å². The highest BCUT2D eigenvalue weighted by molar-refractivity contribution is 7.89. The fourth-order valence-corrected chi connectivity index (χ4v) is 4.12. The van der Waals surface area contributed by atoms with Crippen molar-refractivity contribution in [2.45, 2.75) is 25.2 Å². The maximum atomic E-state index is 12.6. The lowest BCUT2D eigenvalue weighted by atomic mass is 10.1. The van der Waals surface area contributed by atoms with Crippen molar-refractivity contribution in [1.29, 1.82) is 0 Å². The summed E-state index contributed by atoms with van der Waals surface area (Å²) in [6.07, 6.45) is 0.670. The molecule has 0 bridgehead atoms. The molecule has 8 heteroatoms. The van der Waals surface area contributed by atoms with E-state index in [0.717, 1.165) is 5.56 Å². The molecule has 0 saturated carbocycles. The largest absolute Gasteiger partial charge is 0.399 e. The van der Waals surface area contributed by atoms with Crippen LogP contribution in [0, 0.1) is 0 Å². The SMILES string of the molecule is CCN(CC)S(=O)(=O)c1cccc(C(=O)NCCc2ccc(N)cc2)c1.Cl. The van der Waals surface area contributed by atoms with Gasteiger partial charge in [-0.3, -0.25) is 4.79 Å². The Morgan fingerprint density at radius 3 is 2.30 bits per heavy atom. The van der Waals surface area contributed by atoms with Gasteiger partial charge in [0, 0.05) is 30.9 Å². The topological polar surface area (TPSA) is 92.5 Å². The Bertz CT molecular complexity index is 851. The molecule has 0 radical (unpaired) electrons. The molecule has 0 fully saturated rings. The van der Waals surface area contributed by atoms with Crippen LogP contribution < -0.4 is 11.1 Å². The summed E-state index contributed by atoms with van der Waals surface area (Å²) in [6, 6.07) is 13.6. The van der Waals surface area contributed by atoms with E-state index in [1.54, 1.807) is 26.0 Å². The summed E-state index contributed by atoms with van der Waals surface area (Å²) in [5.74, 6) is -0.294. The number of nitrogens with zero attached hydrogens (tertiary/aromatic N) is 1. The lowest BCUT2D eigenvalue weighted by molar-refractivity contribution is 0.0954. The minimum atomic E-state index is -3.58. The number of carbonyl (C=O) groups is 1. The second-order valence-corrected chi connectivity index (χ2v) is 7.80. The zero-order chi connectivity index (χ0) is 19.2. The fourth-order valence-electron chi connectivity index (χ4n) is 2.62. The number of amides is 1. The van der Waals surface area contributed by atoms with Crippen molar-refractivity contribution < 1.29 is 13.2 Å². The Hall–Kier alpha value is -2.09. The summed E-state index contributed by atoms with van der Waals surface area (Å²) >= 11 is 0. The molecule has 1 amide bonds. The van der Waals surface area contributed by atoms with Crippen LogP contribution in [0.15, 0.2) is 53.4 Å². The zero-order valence-corrected chi connectivity index (χ0v) is 17.1. The zero-order valence-electron chi connectivity index (χ0n) is 15.5. The second kappa shape index (κ2) is 10.3. The molecule has 2 rings (SSSR count). The Morgan fingerprint density at radius 2 is 1.70 bits per heavy atom. The van der Waals surface area contributed by atoms with E-state index in [9.17, 15) is 13.2 Å². The van der Waals surface area contributed by atoms with Crippen molar-refractivity contribution in [3.05, 3.63) is 59.7 Å². The summed E-state index contributed by atoms with van der Waals surface area (Å²) in [7, 11) is -3.58. The molecule has 2 aromatic carbocycles. The van der Waals surface area contributed by atoms with Gasteiger partial charge in [0.25, 0.3) is 5.91 Å². The molecule has 0 aliphatic heterocycles. The minimum absolute atomic E-state index is 0. The summed E-state index contributed by atoms with van der Waals surface area (Å²) < 4.78 is 26.5. The van der Waals surface area contributed by atoms with Crippen LogP contribution in [0.3, 0.4) is 0 Å². The minimum Gasteiger partial charge on any atom is -0.399 e. The summed E-state index contributed by atoms with van der Waals surface area (Å²) in [4.78, 5) is 12.5. The molecule has 0 aliphatic carbocycles. The molecule has 0 saturated heterocycles. The first-order chi connectivity index (χ1) is 12.4. The van der Waals surface area contributed by atoms with Crippen LogP contribution in [0.1, 0.15) is 29.8 Å². The maximum absolute atomic E-state index is 12.6. The van der Waals surface area contributed by atoms with Crippen LogP contribution in [-0.2, 0) is 16.4 Å². The highest BCUT2D eigenvalue weighted by atomic mass is 35.5. The number of anilines is 1. The monoisotopic (exact) mass is 411 g/mol. The van der Waals surface area contributed by atoms with Crippen LogP contribution in [0.2, 0.25) is 0 Å². The predicted octanol–water partition coefficient (Wildman–Crippen LogP) is 2.69. The maximum Gasteiger partial charge on any atom is 0.251 e. The van der Waals surface area contributed by atoms with Crippen LogP contribution in [0.5, 0.6) is 0 Å². The lowest BCUT2D eigenvalue weighted by Crippen LogP contribution is -2.31. The first kappa shape index (κ1) is 23.0. The molecule has 2 aromatic rings. The van der Waals surface area contributed by atoms with E-state index in [1.807, 2.05) is 24.3 Å². The van der Waals surface area contributed by atoms with Gasteiger partial charge in [0.15, 0.2) is 0 Å². The predicted molar refractivity (Wildman–Crippen MR) is 111 cm³/mol. The van der Waals surface area contributed by atoms with Gasteiger partial charge in [-0.2, -0.15) is 4.31 Å². The second-order valence-electron chi connectivity index (χ2n) is 5.86. The lowest BCUT2D eigenvalue weighted by Gasteiger charge is -2.18. The highest BCUT2D eigenvalue weighted by Crippen LogP contribution is 2.17. The van der Waals surface area contributed by atoms with Crippen molar-refractivity contribution >= 4 is 34.0 Å². The molecule has 0 aliphatic rings. The molecular formula is C19H26ClN3O3S. The first-order valence-corrected chi connectivity index (χ1v) is 10.0. The third kappa shape index (κ3) is 5.95. The fraction of sp³-hybridized carbons (Fsp3) is 0.316. The van der Waals surface area contributed by atoms with E-state index < -0.39 is 10.0 Å². The number of hydrogen-bond donors (Lipinski definition) is 2. The molecule has 27 heavy (non-hydrogen) atoms. The molecule has 0 spiro atoms. The van der Waals surface area contributed by atoms with E-state index in [-0.39, 0.29) is 23.2 Å². The molecule has 6 nitrogen and oxygen atoms in total. The number of rotatable bonds is 8. The van der Waals surface area contributed by atoms with E-state index in [0.29, 0.717) is 37.3 Å². The van der Waals surface area contributed by atoms with Gasteiger partial charge in [-0.05, 0) is 42.3 Å². The standard InChI is InChI=1S/C19H25N3O3S.ClH/c1-3-22(4-2)26(24,25)18-7-5-6-16(14-18)19(23)21-13-12-15-8-10-17(20)11-9-15;/h5-11,14H,3-4,12-13,20H2,1-2H3,(H,21,23);1H. The first-order valence-electron chi connectivity index (χ1n) is 8.61. The summed E-state index contributed by atoms with van der Waals surface area (Å²) in [5, 5.41) is 2.82. The number of carbonyl (C=O) groups excluding carboxylic acids is 1. The van der Waals surface area contributed by atoms with Gasteiger partial charge in [0.1, 0.15) is 0 Å². The number of nitrogen functional groups attached to an aromatic ring is 1. The smallest absolute Gasteiger partial charge is 0.251 e. The molecule has 0 atom stereocenters. The quantitative estimate of drug-likeness (QED) is 0.653. The van der Waals surface area contributed by atoms with E-state index in [2.05, 4.69) is 5.32 Å². The third-order valence-electron chi connectivity index (χ3n) is 4.12. The number of nitrogens with one attached hydrogen (secondary N) is 1. The number of benzene rings is 2.